The minimum Gasteiger partial charge on any atom is -0.481 e. The van der Waals surface area contributed by atoms with Gasteiger partial charge in [0, 0.05) is 26.4 Å². The number of methoxy groups -OCH3 is 1. The molecule has 0 aliphatic heterocycles. The molecule has 2 amide bonds. The summed E-state index contributed by atoms with van der Waals surface area (Å²) in [6.45, 7) is 0.242. The van der Waals surface area contributed by atoms with Crippen molar-refractivity contribution in [1.29, 1.82) is 0 Å². The maximum absolute atomic E-state index is 11.7. The quantitative estimate of drug-likeness (QED) is 0.506. The Labute approximate surface area is 121 Å². The molecule has 0 heterocycles. The second-order valence-corrected chi connectivity index (χ2v) is 4.37. The van der Waals surface area contributed by atoms with Gasteiger partial charge in [0.15, 0.2) is 0 Å². The summed E-state index contributed by atoms with van der Waals surface area (Å²) in [6.07, 6.45) is -0.0331. The average Bonchev–Trinajstić information content (AvgIpc) is 2.41. The van der Waals surface area contributed by atoms with E-state index in [-0.39, 0.29) is 25.8 Å². The minimum absolute atomic E-state index is 0.148. The van der Waals surface area contributed by atoms with Crippen LogP contribution < -0.4 is 5.32 Å². The van der Waals surface area contributed by atoms with E-state index >= 15 is 0 Å². The molecule has 0 aliphatic carbocycles. The van der Waals surface area contributed by atoms with Crippen LogP contribution in [0.1, 0.15) is 25.7 Å². The smallest absolute Gasteiger partial charge is 0.326 e. The molecule has 0 aromatic carbocycles. The van der Waals surface area contributed by atoms with Crippen molar-refractivity contribution in [3.05, 3.63) is 0 Å². The number of carboxylic acid groups (broad SMARTS) is 2. The van der Waals surface area contributed by atoms with E-state index in [9.17, 15) is 19.2 Å². The Bertz CT molecular complexity index is 397. The third-order valence-corrected chi connectivity index (χ3v) is 2.69. The number of hydrogen-bond acceptors (Lipinski definition) is 5. The number of nitrogens with one attached hydrogen (secondary N) is 1. The van der Waals surface area contributed by atoms with Crippen LogP contribution in [0, 0.1) is 0 Å². The van der Waals surface area contributed by atoms with Crippen LogP contribution >= 0.6 is 0 Å². The highest BCUT2D eigenvalue weighted by atomic mass is 16.5. The molecule has 1 atom stereocenters. The number of carbonyl (C=O) groups is 4. The van der Waals surface area contributed by atoms with Crippen molar-refractivity contribution >= 4 is 23.9 Å². The van der Waals surface area contributed by atoms with Crippen molar-refractivity contribution in [2.75, 3.05) is 20.7 Å². The van der Waals surface area contributed by atoms with Crippen molar-refractivity contribution in [3.8, 4) is 0 Å². The van der Waals surface area contributed by atoms with E-state index in [4.69, 9.17) is 10.2 Å². The fraction of sp³-hybridized carbons (Fsp3) is 0.667. The van der Waals surface area contributed by atoms with Crippen LogP contribution in [0.4, 0.5) is 4.79 Å². The van der Waals surface area contributed by atoms with Crippen LogP contribution in [0.2, 0.25) is 0 Å². The molecule has 0 rings (SSSR count). The average molecular weight is 304 g/mol. The van der Waals surface area contributed by atoms with Crippen LogP contribution in [0.15, 0.2) is 0 Å². The summed E-state index contributed by atoms with van der Waals surface area (Å²) in [5, 5.41) is 19.7. The number of ether oxygens (including phenoxy) is 1. The molecule has 0 spiro atoms. The number of aliphatic carboxylic acids is 2. The zero-order chi connectivity index (χ0) is 16.4. The number of nitrogens with zero attached hydrogens (tertiary/aromatic N) is 1. The highest BCUT2D eigenvalue weighted by molar-refractivity contribution is 5.83. The first kappa shape index (κ1) is 18.7. The molecule has 9 heteroatoms. The summed E-state index contributed by atoms with van der Waals surface area (Å²) in [6, 6.07) is -1.91. The number of amides is 2. The van der Waals surface area contributed by atoms with Gasteiger partial charge in [-0.15, -0.1) is 0 Å². The van der Waals surface area contributed by atoms with E-state index in [2.05, 4.69) is 10.1 Å². The fourth-order valence-electron chi connectivity index (χ4n) is 1.45. The van der Waals surface area contributed by atoms with Gasteiger partial charge >= 0.3 is 23.9 Å². The standard InChI is InChI=1S/C12H20N2O7/c1-14(7-3-4-10(17)21-2)12(20)13-8(11(18)19)5-6-9(15)16/h8H,3-7H2,1-2H3,(H,13,20)(H,15,16)(H,18,19). The highest BCUT2D eigenvalue weighted by Gasteiger charge is 2.22. The normalized spacial score (nSPS) is 11.3. The van der Waals surface area contributed by atoms with E-state index < -0.39 is 30.0 Å². The molecule has 0 aliphatic rings. The minimum atomic E-state index is -1.30. The molecular formula is C12H20N2O7. The van der Waals surface area contributed by atoms with E-state index in [1.807, 2.05) is 0 Å². The van der Waals surface area contributed by atoms with Crippen molar-refractivity contribution < 1.29 is 34.1 Å². The van der Waals surface area contributed by atoms with Gasteiger partial charge in [-0.3, -0.25) is 9.59 Å². The van der Waals surface area contributed by atoms with E-state index in [1.165, 1.54) is 19.1 Å². The van der Waals surface area contributed by atoms with Crippen LogP contribution in [0.5, 0.6) is 0 Å². The second kappa shape index (κ2) is 9.56. The Morgan fingerprint density at radius 2 is 1.81 bits per heavy atom. The zero-order valence-corrected chi connectivity index (χ0v) is 12.0. The van der Waals surface area contributed by atoms with Gasteiger partial charge in [0.05, 0.1) is 7.11 Å². The third kappa shape index (κ3) is 8.45. The number of hydrogen-bond donors (Lipinski definition) is 3. The van der Waals surface area contributed by atoms with Gasteiger partial charge in [-0.2, -0.15) is 0 Å². The number of esters is 1. The monoisotopic (exact) mass is 304 g/mol. The lowest BCUT2D eigenvalue weighted by Gasteiger charge is -2.21. The predicted octanol–water partition coefficient (Wildman–Crippen LogP) is -0.101. The fourth-order valence-corrected chi connectivity index (χ4v) is 1.45. The van der Waals surface area contributed by atoms with Crippen molar-refractivity contribution in [1.82, 2.24) is 10.2 Å². The SMILES string of the molecule is COC(=O)CCCN(C)C(=O)NC(CCC(=O)O)C(=O)O. The molecule has 9 nitrogen and oxygen atoms in total. The highest BCUT2D eigenvalue weighted by Crippen LogP contribution is 2.01. The Morgan fingerprint density at radius 3 is 2.29 bits per heavy atom. The summed E-state index contributed by atoms with van der Waals surface area (Å²) < 4.78 is 4.45. The number of urea groups is 1. The Kier molecular flexibility index (Phi) is 8.51. The predicted molar refractivity (Wildman–Crippen MR) is 70.7 cm³/mol. The van der Waals surface area contributed by atoms with Gasteiger partial charge in [0.1, 0.15) is 6.04 Å². The molecule has 3 N–H and O–H groups in total. The van der Waals surface area contributed by atoms with Crippen molar-refractivity contribution in [3.63, 3.8) is 0 Å². The van der Waals surface area contributed by atoms with E-state index in [0.29, 0.717) is 6.42 Å². The first-order valence-electron chi connectivity index (χ1n) is 6.31. The molecule has 0 bridgehead atoms. The Morgan fingerprint density at radius 1 is 1.19 bits per heavy atom. The molecule has 0 saturated carbocycles. The number of carboxylic acids is 2. The lowest BCUT2D eigenvalue weighted by atomic mass is 10.1. The summed E-state index contributed by atoms with van der Waals surface area (Å²) in [5.41, 5.74) is 0. The first-order chi connectivity index (χ1) is 9.77. The molecule has 21 heavy (non-hydrogen) atoms. The molecule has 1 unspecified atom stereocenters. The van der Waals surface area contributed by atoms with Crippen molar-refractivity contribution in [2.45, 2.75) is 31.7 Å². The molecule has 0 aromatic rings. The molecule has 0 aromatic heterocycles. The zero-order valence-electron chi connectivity index (χ0n) is 12.0. The second-order valence-electron chi connectivity index (χ2n) is 4.37. The van der Waals surface area contributed by atoms with Gasteiger partial charge in [-0.05, 0) is 12.8 Å². The summed E-state index contributed by atoms with van der Waals surface area (Å²) in [4.78, 5) is 45.2. The Hall–Kier alpha value is -2.32. The molecule has 0 radical (unpaired) electrons. The van der Waals surface area contributed by atoms with Gasteiger partial charge in [0.25, 0.3) is 0 Å². The lowest BCUT2D eigenvalue weighted by molar-refractivity contribution is -0.141. The summed E-state index contributed by atoms with van der Waals surface area (Å²) in [7, 11) is 2.71. The largest absolute Gasteiger partial charge is 0.481 e. The van der Waals surface area contributed by atoms with E-state index in [0.717, 1.165) is 0 Å². The maximum atomic E-state index is 11.7. The third-order valence-electron chi connectivity index (χ3n) is 2.69. The molecular weight excluding hydrogens is 284 g/mol. The molecule has 120 valence electrons. The maximum Gasteiger partial charge on any atom is 0.326 e. The van der Waals surface area contributed by atoms with Gasteiger partial charge in [-0.25, -0.2) is 9.59 Å². The van der Waals surface area contributed by atoms with Crippen LogP contribution in [0.25, 0.3) is 0 Å². The van der Waals surface area contributed by atoms with Gasteiger partial charge in [0.2, 0.25) is 0 Å². The van der Waals surface area contributed by atoms with Gasteiger partial charge in [-0.1, -0.05) is 0 Å². The van der Waals surface area contributed by atoms with Crippen LogP contribution in [0.3, 0.4) is 0 Å². The lowest BCUT2D eigenvalue weighted by Crippen LogP contribution is -2.47. The number of rotatable bonds is 9. The van der Waals surface area contributed by atoms with Gasteiger partial charge < -0.3 is 25.2 Å². The number of carbonyl (C=O) groups excluding carboxylic acids is 2. The summed E-state index contributed by atoms with van der Waals surface area (Å²) in [5.74, 6) is -2.83. The molecule has 0 fully saturated rings. The molecule has 0 saturated heterocycles. The summed E-state index contributed by atoms with van der Waals surface area (Å²) >= 11 is 0. The van der Waals surface area contributed by atoms with Crippen molar-refractivity contribution in [2.24, 2.45) is 0 Å². The van der Waals surface area contributed by atoms with Crippen LogP contribution in [-0.2, 0) is 19.1 Å². The van der Waals surface area contributed by atoms with Crippen LogP contribution in [-0.4, -0.2) is 65.8 Å². The van der Waals surface area contributed by atoms with E-state index in [1.54, 1.807) is 0 Å². The topological polar surface area (TPSA) is 133 Å². The Balaban J connectivity index is 4.24. The first-order valence-corrected chi connectivity index (χ1v) is 6.31.